The summed E-state index contributed by atoms with van der Waals surface area (Å²) >= 11 is 0. The zero-order valence-corrected chi connectivity index (χ0v) is 9.84. The fraction of sp³-hybridized carbons (Fsp3) is 0.0769. The highest BCUT2D eigenvalue weighted by molar-refractivity contribution is 5.74. The molecule has 0 spiro atoms. The maximum atomic E-state index is 11.3. The van der Waals surface area contributed by atoms with Crippen LogP contribution in [-0.4, -0.2) is 9.97 Å². The molecule has 0 aliphatic rings. The topological polar surface area (TPSA) is 105 Å². The summed E-state index contributed by atoms with van der Waals surface area (Å²) < 4.78 is 5.25. The minimum absolute atomic E-state index is 0.421. The Balaban J connectivity index is 2.14. The van der Waals surface area contributed by atoms with Gasteiger partial charge >= 0.3 is 11.1 Å². The zero-order chi connectivity index (χ0) is 13.4. The number of nitrogens with two attached hydrogens (primary N) is 1. The van der Waals surface area contributed by atoms with Crippen LogP contribution in [0.3, 0.4) is 0 Å². The average molecular weight is 257 g/mol. The van der Waals surface area contributed by atoms with Crippen LogP contribution in [0.5, 0.6) is 0 Å². The van der Waals surface area contributed by atoms with Crippen molar-refractivity contribution in [3.05, 3.63) is 68.6 Å². The molecule has 0 fully saturated rings. The first-order valence-electron chi connectivity index (χ1n) is 5.70. The monoisotopic (exact) mass is 257 g/mol. The molecule has 6 heteroatoms. The van der Waals surface area contributed by atoms with Gasteiger partial charge in [-0.25, -0.2) is 0 Å². The number of fused-ring (bicyclic) bond motifs is 1. The molecule has 4 N–H and O–H groups in total. The van der Waals surface area contributed by atoms with Crippen LogP contribution in [0.15, 0.2) is 50.6 Å². The van der Waals surface area contributed by atoms with Gasteiger partial charge < -0.3 is 20.1 Å². The fourth-order valence-corrected chi connectivity index (χ4v) is 1.96. The molecule has 6 nitrogen and oxygen atoms in total. The summed E-state index contributed by atoms with van der Waals surface area (Å²) in [7, 11) is 0. The van der Waals surface area contributed by atoms with Crippen molar-refractivity contribution in [3.8, 4) is 0 Å². The van der Waals surface area contributed by atoms with Crippen LogP contribution in [0, 0.1) is 0 Å². The van der Waals surface area contributed by atoms with E-state index in [9.17, 15) is 9.59 Å². The second-order valence-electron chi connectivity index (χ2n) is 4.21. The number of aromatic nitrogens is 2. The lowest BCUT2D eigenvalue weighted by Crippen LogP contribution is -2.29. The third-order valence-corrected chi connectivity index (χ3v) is 2.96. The van der Waals surface area contributed by atoms with E-state index < -0.39 is 17.2 Å². The second kappa shape index (κ2) is 4.25. The molecule has 0 bridgehead atoms. The maximum absolute atomic E-state index is 11.3. The lowest BCUT2D eigenvalue weighted by atomic mass is 10.0. The number of hydrogen-bond acceptors (Lipinski definition) is 4. The van der Waals surface area contributed by atoms with Gasteiger partial charge in [0, 0.05) is 0 Å². The van der Waals surface area contributed by atoms with Crippen LogP contribution >= 0.6 is 0 Å². The highest BCUT2D eigenvalue weighted by atomic mass is 16.3. The molecule has 1 atom stereocenters. The quantitative estimate of drug-likeness (QED) is 0.592. The molecule has 2 aromatic heterocycles. The van der Waals surface area contributed by atoms with Crippen molar-refractivity contribution >= 4 is 11.0 Å². The van der Waals surface area contributed by atoms with E-state index >= 15 is 0 Å². The van der Waals surface area contributed by atoms with Crippen molar-refractivity contribution in [1.82, 2.24) is 9.97 Å². The van der Waals surface area contributed by atoms with Crippen molar-refractivity contribution in [2.24, 2.45) is 5.73 Å². The molecule has 0 saturated heterocycles. The van der Waals surface area contributed by atoms with E-state index in [4.69, 9.17) is 10.2 Å². The number of benzene rings is 1. The smallest absolute Gasteiger partial charge is 0.314 e. The standard InChI is InChI=1S/C13H11N3O3/c14-11(10-2-1-5-19-10)7-3-4-8-9(6-7)16-13(18)12(17)15-8/h1-6,11H,14H2,(H,15,17)(H,16,18). The second-order valence-corrected chi connectivity index (χ2v) is 4.21. The van der Waals surface area contributed by atoms with Gasteiger partial charge in [0.25, 0.3) is 0 Å². The van der Waals surface area contributed by atoms with Gasteiger partial charge in [0.05, 0.1) is 23.3 Å². The van der Waals surface area contributed by atoms with Gasteiger partial charge in [-0.15, -0.1) is 0 Å². The molecule has 0 saturated carbocycles. The third-order valence-electron chi connectivity index (χ3n) is 2.96. The van der Waals surface area contributed by atoms with Gasteiger partial charge in [-0.2, -0.15) is 0 Å². The molecule has 3 aromatic rings. The SMILES string of the molecule is NC(c1ccc2[nH]c(=O)c(=O)[nH]c2c1)c1ccco1. The highest BCUT2D eigenvalue weighted by Gasteiger charge is 2.12. The Morgan fingerprint density at radius 1 is 1.05 bits per heavy atom. The van der Waals surface area contributed by atoms with E-state index in [1.807, 2.05) is 0 Å². The summed E-state index contributed by atoms with van der Waals surface area (Å²) in [6, 6.07) is 8.32. The molecule has 19 heavy (non-hydrogen) atoms. The van der Waals surface area contributed by atoms with Crippen LogP contribution in [-0.2, 0) is 0 Å². The summed E-state index contributed by atoms with van der Waals surface area (Å²) in [5.41, 5.74) is 6.58. The highest BCUT2D eigenvalue weighted by Crippen LogP contribution is 2.21. The van der Waals surface area contributed by atoms with Crippen LogP contribution in [0.25, 0.3) is 11.0 Å². The lowest BCUT2D eigenvalue weighted by molar-refractivity contribution is 0.490. The summed E-state index contributed by atoms with van der Waals surface area (Å²) in [4.78, 5) is 27.5. The van der Waals surface area contributed by atoms with Crippen molar-refractivity contribution < 1.29 is 4.42 Å². The molecule has 96 valence electrons. The number of nitrogens with one attached hydrogen (secondary N) is 2. The molecule has 2 heterocycles. The van der Waals surface area contributed by atoms with Gasteiger partial charge in [-0.05, 0) is 29.8 Å². The summed E-state index contributed by atoms with van der Waals surface area (Å²) in [5, 5.41) is 0. The first-order chi connectivity index (χ1) is 9.15. The van der Waals surface area contributed by atoms with E-state index in [1.54, 1.807) is 36.6 Å². The molecule has 3 rings (SSSR count). The molecule has 0 aliphatic heterocycles. The number of H-pyrrole nitrogens is 2. The Labute approximate surface area is 106 Å². The Kier molecular flexibility index (Phi) is 2.57. The van der Waals surface area contributed by atoms with Crippen molar-refractivity contribution in [1.29, 1.82) is 0 Å². The minimum atomic E-state index is -0.684. The molecule has 1 aromatic carbocycles. The first kappa shape index (κ1) is 11.5. The van der Waals surface area contributed by atoms with E-state index in [0.29, 0.717) is 16.8 Å². The van der Waals surface area contributed by atoms with Gasteiger partial charge in [0.2, 0.25) is 0 Å². The number of rotatable bonds is 2. The summed E-state index contributed by atoms with van der Waals surface area (Å²) in [5.74, 6) is 0.631. The van der Waals surface area contributed by atoms with Crippen LogP contribution < -0.4 is 16.9 Å². The Morgan fingerprint density at radius 3 is 2.47 bits per heavy atom. The van der Waals surface area contributed by atoms with Crippen LogP contribution in [0.2, 0.25) is 0 Å². The van der Waals surface area contributed by atoms with Crippen molar-refractivity contribution in [2.75, 3.05) is 0 Å². The van der Waals surface area contributed by atoms with Gasteiger partial charge in [-0.1, -0.05) is 6.07 Å². The first-order valence-corrected chi connectivity index (χ1v) is 5.70. The van der Waals surface area contributed by atoms with Gasteiger partial charge in [0.1, 0.15) is 5.76 Å². The number of hydrogen-bond donors (Lipinski definition) is 3. The Bertz CT molecular complexity index is 830. The van der Waals surface area contributed by atoms with Crippen molar-refractivity contribution in [3.63, 3.8) is 0 Å². The summed E-state index contributed by atoms with van der Waals surface area (Å²) in [6.07, 6.45) is 1.55. The molecule has 0 aliphatic carbocycles. The maximum Gasteiger partial charge on any atom is 0.314 e. The normalized spacial score (nSPS) is 12.7. The van der Waals surface area contributed by atoms with Gasteiger partial charge in [-0.3, -0.25) is 9.59 Å². The Hall–Kier alpha value is -2.60. The van der Waals surface area contributed by atoms with Crippen LogP contribution in [0.1, 0.15) is 17.4 Å². The van der Waals surface area contributed by atoms with Crippen molar-refractivity contribution in [2.45, 2.75) is 6.04 Å². The average Bonchev–Trinajstić information content (AvgIpc) is 2.93. The lowest BCUT2D eigenvalue weighted by Gasteiger charge is -2.09. The van der Waals surface area contributed by atoms with E-state index in [-0.39, 0.29) is 0 Å². The van der Waals surface area contributed by atoms with Gasteiger partial charge in [0.15, 0.2) is 0 Å². The third kappa shape index (κ3) is 1.98. The van der Waals surface area contributed by atoms with E-state index in [0.717, 1.165) is 5.56 Å². The molecule has 0 radical (unpaired) electrons. The van der Waals surface area contributed by atoms with E-state index in [1.165, 1.54) is 0 Å². The predicted molar refractivity (Wildman–Crippen MR) is 69.9 cm³/mol. The molecular formula is C13H11N3O3. The number of aromatic amines is 2. The summed E-state index contributed by atoms with van der Waals surface area (Å²) in [6.45, 7) is 0. The van der Waals surface area contributed by atoms with E-state index in [2.05, 4.69) is 9.97 Å². The largest absolute Gasteiger partial charge is 0.467 e. The predicted octanol–water partition coefficient (Wildman–Crippen LogP) is 0.857. The fourth-order valence-electron chi connectivity index (χ4n) is 1.96. The molecular weight excluding hydrogens is 246 g/mol. The zero-order valence-electron chi connectivity index (χ0n) is 9.84. The number of furan rings is 1. The minimum Gasteiger partial charge on any atom is -0.467 e. The molecule has 1 unspecified atom stereocenters. The van der Waals surface area contributed by atoms with Crippen LogP contribution in [0.4, 0.5) is 0 Å². The molecule has 0 amide bonds. The Morgan fingerprint density at radius 2 is 1.79 bits per heavy atom.